The molecule has 0 saturated heterocycles. The number of halogens is 1. The van der Waals surface area contributed by atoms with Crippen LogP contribution < -0.4 is 5.73 Å². The average Bonchev–Trinajstić information content (AvgIpc) is 2.90. The van der Waals surface area contributed by atoms with Crippen molar-refractivity contribution >= 4 is 17.3 Å². The second-order valence-corrected chi connectivity index (χ2v) is 5.61. The molecule has 0 bridgehead atoms. The number of benzene rings is 2. The maximum absolute atomic E-state index is 10.1. The fourth-order valence-corrected chi connectivity index (χ4v) is 2.38. The summed E-state index contributed by atoms with van der Waals surface area (Å²) in [6, 6.07) is 12.5. The quantitative estimate of drug-likeness (QED) is 0.676. The van der Waals surface area contributed by atoms with E-state index in [-0.39, 0.29) is 5.75 Å². The highest BCUT2D eigenvalue weighted by Gasteiger charge is 2.13. The minimum Gasteiger partial charge on any atom is -0.507 e. The predicted octanol–water partition coefficient (Wildman–Crippen LogP) is 2.72. The fourth-order valence-electron chi connectivity index (χ4n) is 2.20. The van der Waals surface area contributed by atoms with Gasteiger partial charge in [-0.2, -0.15) is 5.10 Å². The molecule has 0 fully saturated rings. The van der Waals surface area contributed by atoms with Crippen molar-refractivity contribution in [2.75, 3.05) is 0 Å². The molecule has 0 radical (unpaired) electrons. The van der Waals surface area contributed by atoms with E-state index in [2.05, 4.69) is 22.7 Å². The highest BCUT2D eigenvalue weighted by molar-refractivity contribution is 6.31. The van der Waals surface area contributed by atoms with Crippen molar-refractivity contribution in [1.29, 1.82) is 0 Å². The molecule has 0 amide bonds. The molecular weight excluding hydrogens is 310 g/mol. The summed E-state index contributed by atoms with van der Waals surface area (Å²) in [4.78, 5) is 0. The maximum Gasteiger partial charge on any atom is 0.127 e. The van der Waals surface area contributed by atoms with Gasteiger partial charge < -0.3 is 10.8 Å². The van der Waals surface area contributed by atoms with Crippen LogP contribution in [0.3, 0.4) is 0 Å². The summed E-state index contributed by atoms with van der Waals surface area (Å²) in [5.74, 6) is 6.33. The van der Waals surface area contributed by atoms with E-state index in [9.17, 15) is 5.11 Å². The second-order valence-electron chi connectivity index (χ2n) is 5.17. The molecule has 3 aromatic rings. The molecule has 0 unspecified atom stereocenters. The van der Waals surface area contributed by atoms with E-state index >= 15 is 0 Å². The Morgan fingerprint density at radius 1 is 1.13 bits per heavy atom. The smallest absolute Gasteiger partial charge is 0.127 e. The molecule has 114 valence electrons. The van der Waals surface area contributed by atoms with Gasteiger partial charge in [-0.25, -0.2) is 0 Å². The van der Waals surface area contributed by atoms with Gasteiger partial charge in [-0.3, -0.25) is 4.68 Å². The van der Waals surface area contributed by atoms with Gasteiger partial charge in [0.25, 0.3) is 0 Å². The predicted molar refractivity (Wildman–Crippen MR) is 90.3 cm³/mol. The van der Waals surface area contributed by atoms with E-state index in [0.29, 0.717) is 16.3 Å². The van der Waals surface area contributed by atoms with Gasteiger partial charge in [-0.15, -0.1) is 0 Å². The first-order valence-corrected chi connectivity index (χ1v) is 7.37. The van der Waals surface area contributed by atoms with Crippen LogP contribution in [0.1, 0.15) is 11.1 Å². The number of hydrogen-bond donors (Lipinski definition) is 2. The molecule has 0 spiro atoms. The zero-order chi connectivity index (χ0) is 16.4. The van der Waals surface area contributed by atoms with E-state index in [4.69, 9.17) is 11.6 Å². The highest BCUT2D eigenvalue weighted by atomic mass is 35.5. The molecule has 3 rings (SSSR count). The molecule has 0 aliphatic carbocycles. The van der Waals surface area contributed by atoms with Crippen molar-refractivity contribution in [2.45, 2.75) is 0 Å². The Kier molecular flexibility index (Phi) is 4.07. The van der Waals surface area contributed by atoms with Crippen LogP contribution in [-0.4, -0.2) is 14.9 Å². The maximum atomic E-state index is 10.1. The Morgan fingerprint density at radius 3 is 2.61 bits per heavy atom. The Labute approximate surface area is 139 Å². The normalized spacial score (nSPS) is 10.2. The minimum atomic E-state index is 0.123. The van der Waals surface area contributed by atoms with E-state index in [1.54, 1.807) is 22.9 Å². The van der Waals surface area contributed by atoms with Crippen LogP contribution in [0, 0.1) is 11.8 Å². The molecule has 1 heterocycles. The first kappa shape index (κ1) is 15.2. The number of phenolic OH excluding ortho intramolecular Hbond substituents is 1. The SMILES string of the molecule is Cn1cc(C#Cc2ccc([NH3+])cc2)c(-c2cc(Cl)ccc2O)n1. The third kappa shape index (κ3) is 3.37. The molecule has 4 nitrogen and oxygen atoms in total. The zero-order valence-electron chi connectivity index (χ0n) is 12.5. The summed E-state index contributed by atoms with van der Waals surface area (Å²) in [5, 5.41) is 15.0. The molecule has 23 heavy (non-hydrogen) atoms. The van der Waals surface area contributed by atoms with E-state index in [1.165, 1.54) is 0 Å². The molecule has 0 aliphatic rings. The Morgan fingerprint density at radius 2 is 1.87 bits per heavy atom. The summed E-state index contributed by atoms with van der Waals surface area (Å²) < 4.78 is 1.67. The number of hydrogen-bond acceptors (Lipinski definition) is 2. The third-order valence-corrected chi connectivity index (χ3v) is 3.57. The molecule has 0 saturated carbocycles. The molecule has 1 aromatic heterocycles. The Balaban J connectivity index is 2.05. The summed E-state index contributed by atoms with van der Waals surface area (Å²) in [6.07, 6.45) is 1.82. The van der Waals surface area contributed by atoms with Crippen LogP contribution in [0.2, 0.25) is 5.02 Å². The van der Waals surface area contributed by atoms with Crippen molar-refractivity contribution in [3.05, 3.63) is 64.8 Å². The average molecular weight is 325 g/mol. The lowest BCUT2D eigenvalue weighted by molar-refractivity contribution is -0.254. The molecule has 5 heteroatoms. The number of aromatic hydroxyl groups is 1. The molecule has 4 N–H and O–H groups in total. The first-order chi connectivity index (χ1) is 11.0. The summed E-state index contributed by atoms with van der Waals surface area (Å²) in [7, 11) is 1.81. The van der Waals surface area contributed by atoms with E-state index in [0.717, 1.165) is 16.8 Å². The minimum absolute atomic E-state index is 0.123. The molecular formula is C18H15ClN3O+. The van der Waals surface area contributed by atoms with Crippen molar-refractivity contribution in [2.24, 2.45) is 7.05 Å². The van der Waals surface area contributed by atoms with Crippen LogP contribution in [-0.2, 0) is 7.05 Å². The lowest BCUT2D eigenvalue weighted by Gasteiger charge is -2.02. The molecule has 0 aliphatic heterocycles. The summed E-state index contributed by atoms with van der Waals surface area (Å²) in [6.45, 7) is 0. The number of nitrogens with zero attached hydrogens (tertiary/aromatic N) is 2. The van der Waals surface area contributed by atoms with Crippen LogP contribution in [0.4, 0.5) is 5.69 Å². The number of phenols is 1. The van der Waals surface area contributed by atoms with Gasteiger partial charge in [-0.1, -0.05) is 23.4 Å². The van der Waals surface area contributed by atoms with Crippen LogP contribution >= 0.6 is 11.6 Å². The number of aromatic nitrogens is 2. The van der Waals surface area contributed by atoms with Gasteiger partial charge in [0.15, 0.2) is 0 Å². The van der Waals surface area contributed by atoms with Crippen molar-refractivity contribution < 1.29 is 10.8 Å². The van der Waals surface area contributed by atoms with Crippen LogP contribution in [0.25, 0.3) is 11.3 Å². The Bertz CT molecular complexity index is 918. The lowest BCUT2D eigenvalue weighted by Crippen LogP contribution is -2.39. The summed E-state index contributed by atoms with van der Waals surface area (Å²) >= 11 is 6.03. The standard InChI is InChI=1S/C18H14ClN3O/c1-22-11-13(5-2-12-3-7-15(20)8-4-12)18(21-22)16-10-14(19)6-9-17(16)23/h3-4,6-11,23H,20H2,1H3/p+1. The van der Waals surface area contributed by atoms with E-state index < -0.39 is 0 Å². The second kappa shape index (κ2) is 6.17. The fraction of sp³-hybridized carbons (Fsp3) is 0.0556. The highest BCUT2D eigenvalue weighted by Crippen LogP contribution is 2.32. The molecule has 0 atom stereocenters. The number of aryl methyl sites for hydroxylation is 1. The van der Waals surface area contributed by atoms with Gasteiger partial charge in [-0.05, 0) is 30.3 Å². The third-order valence-electron chi connectivity index (χ3n) is 3.34. The van der Waals surface area contributed by atoms with Gasteiger partial charge >= 0.3 is 0 Å². The van der Waals surface area contributed by atoms with Crippen molar-refractivity contribution in [1.82, 2.24) is 9.78 Å². The first-order valence-electron chi connectivity index (χ1n) is 6.99. The topological polar surface area (TPSA) is 65.7 Å². The van der Waals surface area contributed by atoms with Crippen LogP contribution in [0.15, 0.2) is 48.7 Å². The summed E-state index contributed by atoms with van der Waals surface area (Å²) in [5.41, 5.74) is 7.59. The number of quaternary nitrogens is 1. The largest absolute Gasteiger partial charge is 0.507 e. The lowest BCUT2D eigenvalue weighted by atomic mass is 10.1. The van der Waals surface area contributed by atoms with Gasteiger partial charge in [0.05, 0.1) is 5.56 Å². The monoisotopic (exact) mass is 324 g/mol. The van der Waals surface area contributed by atoms with Crippen molar-refractivity contribution in [3.63, 3.8) is 0 Å². The van der Waals surface area contributed by atoms with Gasteiger partial charge in [0.1, 0.15) is 17.1 Å². The Hall–Kier alpha value is -2.74. The number of rotatable bonds is 1. The van der Waals surface area contributed by atoms with E-state index in [1.807, 2.05) is 37.5 Å². The zero-order valence-corrected chi connectivity index (χ0v) is 13.3. The van der Waals surface area contributed by atoms with Crippen LogP contribution in [0.5, 0.6) is 5.75 Å². The molecule has 2 aromatic carbocycles. The van der Waals surface area contributed by atoms with Crippen molar-refractivity contribution in [3.8, 4) is 28.8 Å². The van der Waals surface area contributed by atoms with Gasteiger partial charge in [0.2, 0.25) is 0 Å². The van der Waals surface area contributed by atoms with Gasteiger partial charge in [0, 0.05) is 41.5 Å².